The molecule has 0 bridgehead atoms. The Morgan fingerprint density at radius 2 is 1.64 bits per heavy atom. The number of rotatable bonds is 11. The number of hydrogen-bond donors (Lipinski definition) is 1. The first-order chi connectivity index (χ1) is 13.6. The molecule has 1 aromatic carbocycles. The normalized spacial score (nSPS) is 10.2. The van der Waals surface area contributed by atoms with Gasteiger partial charge in [0, 0.05) is 4.88 Å². The van der Waals surface area contributed by atoms with Crippen molar-refractivity contribution in [2.24, 2.45) is 0 Å². The number of hydrogen-bond acceptors (Lipinski definition) is 7. The van der Waals surface area contributed by atoms with E-state index >= 15 is 0 Å². The minimum atomic E-state index is -0.642. The Hall–Kier alpha value is -2.74. The second-order valence-corrected chi connectivity index (χ2v) is 6.57. The highest BCUT2D eigenvalue weighted by molar-refractivity contribution is 7.09. The molecular weight excluding hydrogens is 382 g/mol. The molecule has 0 unspecified atom stereocenters. The number of ether oxygens (including phenoxy) is 4. The predicted molar refractivity (Wildman–Crippen MR) is 106 cm³/mol. The topological polar surface area (TPSA) is 83.1 Å². The summed E-state index contributed by atoms with van der Waals surface area (Å²) in [5, 5.41) is 4.64. The van der Waals surface area contributed by atoms with Gasteiger partial charge in [-0.3, -0.25) is 4.79 Å². The third-order valence-corrected chi connectivity index (χ3v) is 4.40. The lowest BCUT2D eigenvalue weighted by molar-refractivity contribution is -0.124. The molecule has 0 atom stereocenters. The van der Waals surface area contributed by atoms with Crippen LogP contribution in [0.4, 0.5) is 0 Å². The molecule has 0 saturated carbocycles. The Bertz CT molecular complexity index is 748. The van der Waals surface area contributed by atoms with Crippen molar-refractivity contribution in [1.29, 1.82) is 0 Å². The number of esters is 1. The van der Waals surface area contributed by atoms with Crippen molar-refractivity contribution in [3.63, 3.8) is 0 Å². The van der Waals surface area contributed by atoms with Crippen LogP contribution in [0.25, 0.3) is 0 Å². The lowest BCUT2D eigenvalue weighted by Crippen LogP contribution is -2.28. The smallest absolute Gasteiger partial charge is 0.338 e. The van der Waals surface area contributed by atoms with Gasteiger partial charge in [-0.2, -0.15) is 0 Å². The van der Waals surface area contributed by atoms with Crippen molar-refractivity contribution in [1.82, 2.24) is 5.32 Å². The van der Waals surface area contributed by atoms with Gasteiger partial charge in [0.05, 0.1) is 31.9 Å². The Balaban J connectivity index is 2.05. The van der Waals surface area contributed by atoms with Gasteiger partial charge >= 0.3 is 5.97 Å². The molecule has 0 spiro atoms. The highest BCUT2D eigenvalue weighted by Gasteiger charge is 2.19. The summed E-state index contributed by atoms with van der Waals surface area (Å²) in [4.78, 5) is 25.3. The number of benzene rings is 1. The third-order valence-electron chi connectivity index (χ3n) is 3.52. The maximum atomic E-state index is 12.4. The number of amides is 1. The fourth-order valence-corrected chi connectivity index (χ4v) is 3.02. The number of thiophene rings is 1. The van der Waals surface area contributed by atoms with E-state index in [2.05, 4.69) is 5.32 Å². The molecule has 1 heterocycles. The Morgan fingerprint density at radius 1 is 1.00 bits per heavy atom. The summed E-state index contributed by atoms with van der Waals surface area (Å²) in [6.07, 6.45) is 0. The van der Waals surface area contributed by atoms with Crippen LogP contribution >= 0.6 is 11.3 Å². The molecule has 7 nitrogen and oxygen atoms in total. The molecule has 0 aliphatic rings. The van der Waals surface area contributed by atoms with Crippen molar-refractivity contribution >= 4 is 23.2 Å². The molecular formula is C20H25NO6S. The summed E-state index contributed by atoms with van der Waals surface area (Å²) in [6, 6.07) is 6.89. The number of carbonyl (C=O) groups is 2. The van der Waals surface area contributed by atoms with E-state index in [-0.39, 0.29) is 18.1 Å². The molecule has 0 aliphatic carbocycles. The van der Waals surface area contributed by atoms with Crippen LogP contribution in [0.3, 0.4) is 0 Å². The third kappa shape index (κ3) is 6.16. The Labute approximate surface area is 168 Å². The first kappa shape index (κ1) is 21.6. The summed E-state index contributed by atoms with van der Waals surface area (Å²) < 4.78 is 21.9. The minimum absolute atomic E-state index is 0.224. The van der Waals surface area contributed by atoms with Crippen LogP contribution in [0.1, 0.15) is 36.0 Å². The summed E-state index contributed by atoms with van der Waals surface area (Å²) in [7, 11) is 0. The summed E-state index contributed by atoms with van der Waals surface area (Å²) >= 11 is 1.54. The maximum Gasteiger partial charge on any atom is 0.338 e. The van der Waals surface area contributed by atoms with E-state index in [9.17, 15) is 9.59 Å². The van der Waals surface area contributed by atoms with Gasteiger partial charge in [0.15, 0.2) is 18.1 Å². The second-order valence-electron chi connectivity index (χ2n) is 5.53. The minimum Gasteiger partial charge on any atom is -0.490 e. The lowest BCUT2D eigenvalue weighted by atomic mass is 10.2. The molecule has 0 aliphatic heterocycles. The van der Waals surface area contributed by atoms with E-state index in [0.717, 1.165) is 4.88 Å². The van der Waals surface area contributed by atoms with E-state index in [1.165, 1.54) is 12.1 Å². The fraction of sp³-hybridized carbons (Fsp3) is 0.400. The zero-order chi connectivity index (χ0) is 20.4. The quantitative estimate of drug-likeness (QED) is 0.575. The van der Waals surface area contributed by atoms with Gasteiger partial charge in [-0.15, -0.1) is 11.3 Å². The Kier molecular flexibility index (Phi) is 8.61. The number of nitrogens with one attached hydrogen (secondary N) is 1. The largest absolute Gasteiger partial charge is 0.490 e. The molecule has 0 saturated heterocycles. The predicted octanol–water partition coefficient (Wildman–Crippen LogP) is 3.42. The lowest BCUT2D eigenvalue weighted by Gasteiger charge is -2.16. The van der Waals surface area contributed by atoms with E-state index in [1.807, 2.05) is 38.3 Å². The van der Waals surface area contributed by atoms with Crippen molar-refractivity contribution in [3.05, 3.63) is 40.1 Å². The van der Waals surface area contributed by atoms with Crippen molar-refractivity contribution < 1.29 is 28.5 Å². The molecule has 8 heteroatoms. The van der Waals surface area contributed by atoms with Gasteiger partial charge in [0.2, 0.25) is 5.75 Å². The average molecular weight is 407 g/mol. The van der Waals surface area contributed by atoms with Gasteiger partial charge in [-0.1, -0.05) is 6.07 Å². The molecule has 152 valence electrons. The molecule has 28 heavy (non-hydrogen) atoms. The van der Waals surface area contributed by atoms with Crippen LogP contribution in [-0.4, -0.2) is 38.3 Å². The zero-order valence-corrected chi connectivity index (χ0v) is 17.1. The fourth-order valence-electron chi connectivity index (χ4n) is 2.37. The monoisotopic (exact) mass is 407 g/mol. The molecule has 0 radical (unpaired) electrons. The maximum absolute atomic E-state index is 12.4. The van der Waals surface area contributed by atoms with Gasteiger partial charge in [0.25, 0.3) is 5.91 Å². The van der Waals surface area contributed by atoms with E-state index in [4.69, 9.17) is 18.9 Å². The van der Waals surface area contributed by atoms with Gasteiger partial charge in [-0.25, -0.2) is 4.79 Å². The highest BCUT2D eigenvalue weighted by atomic mass is 32.1. The zero-order valence-electron chi connectivity index (χ0n) is 16.3. The van der Waals surface area contributed by atoms with Crippen LogP contribution in [0, 0.1) is 0 Å². The Morgan fingerprint density at radius 3 is 2.18 bits per heavy atom. The van der Waals surface area contributed by atoms with Crippen LogP contribution in [0.15, 0.2) is 29.6 Å². The van der Waals surface area contributed by atoms with Crippen LogP contribution < -0.4 is 19.5 Å². The molecule has 2 aromatic rings. The van der Waals surface area contributed by atoms with E-state index in [1.54, 1.807) is 11.3 Å². The molecule has 1 amide bonds. The van der Waals surface area contributed by atoms with Gasteiger partial charge in [-0.05, 0) is 44.4 Å². The van der Waals surface area contributed by atoms with E-state index in [0.29, 0.717) is 43.6 Å². The van der Waals surface area contributed by atoms with Gasteiger partial charge in [0.1, 0.15) is 0 Å². The van der Waals surface area contributed by atoms with Crippen molar-refractivity contribution in [2.45, 2.75) is 27.3 Å². The number of carbonyl (C=O) groups excluding carboxylic acids is 2. The van der Waals surface area contributed by atoms with Crippen molar-refractivity contribution in [3.8, 4) is 17.2 Å². The first-order valence-electron chi connectivity index (χ1n) is 9.11. The average Bonchev–Trinajstić information content (AvgIpc) is 3.20. The second kappa shape index (κ2) is 11.2. The summed E-state index contributed by atoms with van der Waals surface area (Å²) in [5.74, 6) is 0.212. The molecule has 1 N–H and O–H groups in total. The standard InChI is InChI=1S/C20H25NO6S/c1-4-24-16-10-14(11-17(25-5-2)19(16)26-6-3)20(23)27-13-18(22)21-12-15-8-7-9-28-15/h7-11H,4-6,12-13H2,1-3H3,(H,21,22). The van der Waals surface area contributed by atoms with Crippen LogP contribution in [-0.2, 0) is 16.1 Å². The molecule has 2 rings (SSSR count). The van der Waals surface area contributed by atoms with Crippen LogP contribution in [0.2, 0.25) is 0 Å². The summed E-state index contributed by atoms with van der Waals surface area (Å²) in [6.45, 7) is 6.77. The van der Waals surface area contributed by atoms with Crippen molar-refractivity contribution in [2.75, 3.05) is 26.4 Å². The van der Waals surface area contributed by atoms with E-state index < -0.39 is 5.97 Å². The summed E-state index contributed by atoms with van der Waals surface area (Å²) in [5.41, 5.74) is 0.224. The highest BCUT2D eigenvalue weighted by Crippen LogP contribution is 2.39. The van der Waals surface area contributed by atoms with Crippen LogP contribution in [0.5, 0.6) is 17.2 Å². The first-order valence-corrected chi connectivity index (χ1v) is 9.99. The SMILES string of the molecule is CCOc1cc(C(=O)OCC(=O)NCc2cccs2)cc(OCC)c1OCC. The molecule has 1 aromatic heterocycles. The molecule has 0 fully saturated rings. The van der Waals surface area contributed by atoms with Gasteiger partial charge < -0.3 is 24.3 Å².